The number of likely N-dealkylation sites (N-methyl/N-ethyl adjacent to an activating group) is 1. The Morgan fingerprint density at radius 1 is 0.508 bits per heavy atom. The summed E-state index contributed by atoms with van der Waals surface area (Å²) in [5, 5.41) is 0. The topological polar surface area (TPSA) is 94.1 Å². The largest absolute Gasteiger partial charge is 0.756 e. The summed E-state index contributed by atoms with van der Waals surface area (Å²) in [7, 11) is 1.29. The number of quaternary nitrogens is 1. The fraction of sp³-hybridized carbons (Fsp3) is 0.596. The van der Waals surface area contributed by atoms with E-state index < -0.39 is 13.9 Å². The molecule has 0 aliphatic carbocycles. The Kier molecular flexibility index (Phi) is 41.3. The second-order valence-corrected chi connectivity index (χ2v) is 17.4. The normalized spacial score (nSPS) is 14.8. The highest BCUT2D eigenvalue weighted by Gasteiger charge is 2.20. The van der Waals surface area contributed by atoms with Crippen LogP contribution in [0.15, 0.2) is 122 Å². The molecule has 61 heavy (non-hydrogen) atoms. The Morgan fingerprint density at radius 3 is 1.34 bits per heavy atom. The molecule has 2 unspecified atom stereocenters. The summed E-state index contributed by atoms with van der Waals surface area (Å²) in [6, 6.07) is 0. The smallest absolute Gasteiger partial charge is 0.306 e. The van der Waals surface area contributed by atoms with Crippen molar-refractivity contribution >= 4 is 13.8 Å². The maximum Gasteiger partial charge on any atom is 0.306 e. The zero-order valence-electron chi connectivity index (χ0n) is 39.1. The predicted octanol–water partition coefficient (Wildman–Crippen LogP) is 13.5. The van der Waals surface area contributed by atoms with Gasteiger partial charge in [0.2, 0.25) is 0 Å². The van der Waals surface area contributed by atoms with E-state index in [0.717, 1.165) is 116 Å². The Hall–Kier alpha value is -3.10. The van der Waals surface area contributed by atoms with Crippen LogP contribution in [0.5, 0.6) is 0 Å². The van der Waals surface area contributed by atoms with Crippen LogP contribution in [0.1, 0.15) is 142 Å². The van der Waals surface area contributed by atoms with Crippen molar-refractivity contribution in [3.05, 3.63) is 122 Å². The maximum atomic E-state index is 12.7. The molecule has 2 atom stereocenters. The third-order valence-corrected chi connectivity index (χ3v) is 9.97. The van der Waals surface area contributed by atoms with Gasteiger partial charge < -0.3 is 27.9 Å². The fourth-order valence-corrected chi connectivity index (χ4v) is 6.21. The van der Waals surface area contributed by atoms with Crippen molar-refractivity contribution in [3.63, 3.8) is 0 Å². The van der Waals surface area contributed by atoms with Crippen molar-refractivity contribution in [2.75, 3.05) is 54.1 Å². The number of esters is 1. The van der Waals surface area contributed by atoms with Crippen molar-refractivity contribution in [2.24, 2.45) is 0 Å². The first-order valence-electron chi connectivity index (χ1n) is 23.3. The van der Waals surface area contributed by atoms with Crippen molar-refractivity contribution in [3.8, 4) is 0 Å². The number of carbonyl (C=O) groups is 1. The Labute approximate surface area is 373 Å². The van der Waals surface area contributed by atoms with E-state index in [-0.39, 0.29) is 32.2 Å². The van der Waals surface area contributed by atoms with Gasteiger partial charge in [-0.05, 0) is 103 Å². The molecule has 9 heteroatoms. The number of phosphoric ester groups is 1. The Morgan fingerprint density at radius 2 is 0.902 bits per heavy atom. The molecule has 0 amide bonds. The lowest BCUT2D eigenvalue weighted by Crippen LogP contribution is -2.37. The van der Waals surface area contributed by atoms with Crippen molar-refractivity contribution < 1.29 is 37.3 Å². The second kappa shape index (κ2) is 43.5. The highest BCUT2D eigenvalue weighted by Crippen LogP contribution is 2.38. The van der Waals surface area contributed by atoms with E-state index in [4.69, 9.17) is 18.5 Å². The van der Waals surface area contributed by atoms with Gasteiger partial charge in [0, 0.05) is 13.0 Å². The van der Waals surface area contributed by atoms with Gasteiger partial charge in [0.15, 0.2) is 0 Å². The van der Waals surface area contributed by atoms with Gasteiger partial charge in [-0.1, -0.05) is 155 Å². The number of ether oxygens (including phenoxy) is 2. The lowest BCUT2D eigenvalue weighted by Gasteiger charge is -2.28. The molecule has 0 heterocycles. The molecule has 0 radical (unpaired) electrons. The average Bonchev–Trinajstić information content (AvgIpc) is 3.22. The van der Waals surface area contributed by atoms with E-state index in [9.17, 15) is 14.3 Å². The molecule has 0 aromatic heterocycles. The van der Waals surface area contributed by atoms with Crippen LogP contribution in [0.25, 0.3) is 0 Å². The van der Waals surface area contributed by atoms with Gasteiger partial charge in [0.05, 0.1) is 34.4 Å². The molecule has 0 aromatic rings. The minimum Gasteiger partial charge on any atom is -0.756 e. The number of unbranched alkanes of at least 4 members (excludes halogenated alkanes) is 7. The first-order chi connectivity index (χ1) is 29.6. The number of hydrogen-bond donors (Lipinski definition) is 0. The molecule has 0 aromatic carbocycles. The van der Waals surface area contributed by atoms with Crippen LogP contribution in [-0.2, 0) is 27.9 Å². The molecular weight excluding hydrogens is 782 g/mol. The third kappa shape index (κ3) is 47.8. The quantitative estimate of drug-likeness (QED) is 0.0199. The van der Waals surface area contributed by atoms with E-state index in [0.29, 0.717) is 24.1 Å². The van der Waals surface area contributed by atoms with Crippen LogP contribution < -0.4 is 4.89 Å². The van der Waals surface area contributed by atoms with Gasteiger partial charge in [0.25, 0.3) is 7.82 Å². The SMILES string of the molecule is CC/C=C\C/C=C\C/C=C\C/C=C\C/C=C\C/C=C\CCCCCCCOCC(COP(=O)([O-])OCC[N+](C)(C)C)OC(=O)CCCC/C=C\C/C=C\C/C=C\C/C=C\CC. The molecule has 0 bridgehead atoms. The fourth-order valence-electron chi connectivity index (χ4n) is 5.48. The number of carbonyl (C=O) groups excluding carboxylic acids is 1. The monoisotopic (exact) mass is 868 g/mol. The summed E-state index contributed by atoms with van der Waals surface area (Å²) in [6.07, 6.45) is 62.2. The third-order valence-electron chi connectivity index (χ3n) is 9.01. The van der Waals surface area contributed by atoms with Gasteiger partial charge >= 0.3 is 5.97 Å². The van der Waals surface area contributed by atoms with Gasteiger partial charge in [-0.2, -0.15) is 0 Å². The first kappa shape index (κ1) is 57.9. The van der Waals surface area contributed by atoms with Crippen LogP contribution in [0.4, 0.5) is 0 Å². The molecule has 0 aliphatic heterocycles. The standard InChI is InChI=1S/C52H86NO7P/c1-6-8-10-12-14-16-18-20-22-23-24-25-26-27-28-29-30-32-34-36-38-40-42-44-47-57-49-51(50-59-61(55,56)58-48-46-53(3,4)5)60-52(54)45-43-41-39-37-35-33-31-21-19-17-15-13-11-9-7-2/h8-11,14-17,20-22,24-25,27-28,30-32,35,37,51H,6-7,12-13,18-19,23,26,29,33-34,36,38-50H2,1-5H3/b10-8-,11-9-,16-14-,17-15-,22-20-,25-24-,28-27-,31-21-,32-30-,37-35-. The molecule has 0 saturated heterocycles. The van der Waals surface area contributed by atoms with Crippen LogP contribution in [0, 0.1) is 0 Å². The van der Waals surface area contributed by atoms with Crippen LogP contribution >= 0.6 is 7.82 Å². The van der Waals surface area contributed by atoms with E-state index in [1.165, 1.54) is 0 Å². The zero-order valence-corrected chi connectivity index (χ0v) is 39.9. The minimum absolute atomic E-state index is 0.00585. The number of rotatable bonds is 41. The molecule has 346 valence electrons. The average molecular weight is 868 g/mol. The molecule has 0 aliphatic rings. The van der Waals surface area contributed by atoms with E-state index >= 15 is 0 Å². The summed E-state index contributed by atoms with van der Waals surface area (Å²) >= 11 is 0. The van der Waals surface area contributed by atoms with Gasteiger partial charge in [0.1, 0.15) is 19.3 Å². The summed E-state index contributed by atoms with van der Waals surface area (Å²) in [6.45, 7) is 5.03. The molecule has 8 nitrogen and oxygen atoms in total. The minimum atomic E-state index is -4.55. The highest BCUT2D eigenvalue weighted by molar-refractivity contribution is 7.45. The molecule has 0 rings (SSSR count). The van der Waals surface area contributed by atoms with Crippen LogP contribution in [0.2, 0.25) is 0 Å². The summed E-state index contributed by atoms with van der Waals surface area (Å²) in [4.78, 5) is 25.1. The number of nitrogens with zero attached hydrogens (tertiary/aromatic N) is 1. The second-order valence-electron chi connectivity index (χ2n) is 16.0. The molecule has 0 spiro atoms. The molecular formula is C52H86NO7P. The van der Waals surface area contributed by atoms with Gasteiger partial charge in [-0.25, -0.2) is 0 Å². The summed E-state index contributed by atoms with van der Waals surface area (Å²) < 4.78 is 34.6. The number of allylic oxidation sites excluding steroid dienone is 20. The first-order valence-corrected chi connectivity index (χ1v) is 24.7. The Balaban J connectivity index is 4.32. The van der Waals surface area contributed by atoms with E-state index in [1.807, 2.05) is 21.1 Å². The number of phosphoric acid groups is 1. The van der Waals surface area contributed by atoms with Crippen molar-refractivity contribution in [1.82, 2.24) is 0 Å². The summed E-state index contributed by atoms with van der Waals surface area (Å²) in [5.74, 6) is -0.388. The van der Waals surface area contributed by atoms with Crippen molar-refractivity contribution in [2.45, 2.75) is 148 Å². The van der Waals surface area contributed by atoms with Crippen LogP contribution in [-0.4, -0.2) is 70.7 Å². The van der Waals surface area contributed by atoms with Crippen LogP contribution in [0.3, 0.4) is 0 Å². The van der Waals surface area contributed by atoms with Gasteiger partial charge in [-0.3, -0.25) is 9.36 Å². The maximum absolute atomic E-state index is 12.7. The predicted molar refractivity (Wildman–Crippen MR) is 258 cm³/mol. The molecule has 0 saturated carbocycles. The summed E-state index contributed by atoms with van der Waals surface area (Å²) in [5.41, 5.74) is 0. The lowest BCUT2D eigenvalue weighted by atomic mass is 10.1. The molecule has 0 N–H and O–H groups in total. The van der Waals surface area contributed by atoms with E-state index in [2.05, 4.69) is 135 Å². The number of hydrogen-bond acceptors (Lipinski definition) is 7. The van der Waals surface area contributed by atoms with E-state index in [1.54, 1.807) is 0 Å². The van der Waals surface area contributed by atoms with Crippen molar-refractivity contribution in [1.29, 1.82) is 0 Å². The Bertz CT molecular complexity index is 1380. The zero-order chi connectivity index (χ0) is 44.8. The highest BCUT2D eigenvalue weighted by atomic mass is 31.2. The lowest BCUT2D eigenvalue weighted by molar-refractivity contribution is -0.870. The molecule has 0 fully saturated rings. The van der Waals surface area contributed by atoms with Gasteiger partial charge in [-0.15, -0.1) is 0 Å².